The van der Waals surface area contributed by atoms with E-state index in [2.05, 4.69) is 10.6 Å². The van der Waals surface area contributed by atoms with Gasteiger partial charge in [0.25, 0.3) is 11.8 Å². The Hall–Kier alpha value is -2.41. The van der Waals surface area contributed by atoms with Gasteiger partial charge in [-0.1, -0.05) is 29.8 Å². The maximum Gasteiger partial charge on any atom is 0.272 e. The Labute approximate surface area is 157 Å². The van der Waals surface area contributed by atoms with Gasteiger partial charge < -0.3 is 10.6 Å². The summed E-state index contributed by atoms with van der Waals surface area (Å²) in [4.78, 5) is 26.3. The van der Waals surface area contributed by atoms with Crippen molar-refractivity contribution in [2.75, 3.05) is 5.32 Å². The summed E-state index contributed by atoms with van der Waals surface area (Å²) in [6, 6.07) is 14.1. The molecule has 7 heteroatoms. The van der Waals surface area contributed by atoms with E-state index in [0.717, 1.165) is 4.88 Å². The fourth-order valence-corrected chi connectivity index (χ4v) is 3.50. The van der Waals surface area contributed by atoms with Crippen LogP contribution in [-0.4, -0.2) is 11.8 Å². The van der Waals surface area contributed by atoms with Gasteiger partial charge in [-0.15, -0.1) is 22.7 Å². The van der Waals surface area contributed by atoms with Gasteiger partial charge in [0.1, 0.15) is 5.70 Å². The van der Waals surface area contributed by atoms with Crippen molar-refractivity contribution in [3.63, 3.8) is 0 Å². The number of hydrogen-bond acceptors (Lipinski definition) is 4. The number of amides is 2. The van der Waals surface area contributed by atoms with Gasteiger partial charge in [0.05, 0.1) is 4.88 Å². The molecule has 0 spiro atoms. The number of thiophene rings is 2. The van der Waals surface area contributed by atoms with Crippen LogP contribution in [0.3, 0.4) is 0 Å². The zero-order valence-corrected chi connectivity index (χ0v) is 15.3. The van der Waals surface area contributed by atoms with E-state index in [-0.39, 0.29) is 11.6 Å². The molecule has 2 heterocycles. The first-order chi connectivity index (χ1) is 12.1. The Morgan fingerprint density at radius 2 is 1.80 bits per heavy atom. The Balaban J connectivity index is 1.83. The van der Waals surface area contributed by atoms with Crippen LogP contribution in [0.15, 0.2) is 65.0 Å². The molecular formula is C18H13ClN2O2S2. The van der Waals surface area contributed by atoms with Crippen LogP contribution in [0.1, 0.15) is 14.5 Å². The van der Waals surface area contributed by atoms with Crippen LogP contribution in [-0.2, 0) is 4.79 Å². The van der Waals surface area contributed by atoms with Crippen LogP contribution in [0.2, 0.25) is 5.02 Å². The van der Waals surface area contributed by atoms with Gasteiger partial charge in [0, 0.05) is 15.6 Å². The molecule has 4 nitrogen and oxygen atoms in total. The predicted octanol–water partition coefficient (Wildman–Crippen LogP) is 4.87. The molecule has 0 aliphatic heterocycles. The lowest BCUT2D eigenvalue weighted by atomic mass is 10.2. The molecule has 2 aromatic heterocycles. The van der Waals surface area contributed by atoms with E-state index in [1.54, 1.807) is 42.5 Å². The molecule has 0 bridgehead atoms. The minimum atomic E-state index is -0.416. The van der Waals surface area contributed by atoms with Crippen molar-refractivity contribution in [2.24, 2.45) is 0 Å². The quantitative estimate of drug-likeness (QED) is 0.612. The fourth-order valence-electron chi connectivity index (χ4n) is 2.03. The van der Waals surface area contributed by atoms with Crippen LogP contribution in [0.4, 0.5) is 5.69 Å². The van der Waals surface area contributed by atoms with Crippen LogP contribution < -0.4 is 10.6 Å². The fraction of sp³-hybridized carbons (Fsp3) is 0. The molecule has 25 heavy (non-hydrogen) atoms. The summed E-state index contributed by atoms with van der Waals surface area (Å²) in [7, 11) is 0. The normalized spacial score (nSPS) is 11.2. The molecule has 2 amide bonds. The molecule has 3 aromatic rings. The van der Waals surface area contributed by atoms with E-state index in [1.165, 1.54) is 22.7 Å². The maximum atomic E-state index is 12.6. The molecule has 0 atom stereocenters. The molecule has 3 rings (SSSR count). The zero-order valence-electron chi connectivity index (χ0n) is 12.9. The summed E-state index contributed by atoms with van der Waals surface area (Å²) < 4.78 is 0. The van der Waals surface area contributed by atoms with Gasteiger partial charge in [0.2, 0.25) is 0 Å². The van der Waals surface area contributed by atoms with Gasteiger partial charge in [-0.3, -0.25) is 9.59 Å². The first kappa shape index (κ1) is 17.4. The summed E-state index contributed by atoms with van der Waals surface area (Å²) in [6.07, 6.45) is 1.65. The highest BCUT2D eigenvalue weighted by Crippen LogP contribution is 2.18. The van der Waals surface area contributed by atoms with E-state index in [0.29, 0.717) is 15.6 Å². The lowest BCUT2D eigenvalue weighted by molar-refractivity contribution is -0.113. The number of carbonyl (C=O) groups is 2. The Morgan fingerprint density at radius 1 is 1.00 bits per heavy atom. The molecule has 1 aromatic carbocycles. The second-order valence-electron chi connectivity index (χ2n) is 4.97. The minimum Gasteiger partial charge on any atom is -0.321 e. The zero-order chi connectivity index (χ0) is 17.6. The van der Waals surface area contributed by atoms with Crippen molar-refractivity contribution in [3.05, 3.63) is 79.8 Å². The van der Waals surface area contributed by atoms with Crippen molar-refractivity contribution in [3.8, 4) is 0 Å². The van der Waals surface area contributed by atoms with Gasteiger partial charge in [-0.2, -0.15) is 0 Å². The van der Waals surface area contributed by atoms with Crippen molar-refractivity contribution < 1.29 is 9.59 Å². The molecule has 0 unspecified atom stereocenters. The molecule has 0 aliphatic rings. The summed E-state index contributed by atoms with van der Waals surface area (Å²) in [5.74, 6) is -0.736. The first-order valence-corrected chi connectivity index (χ1v) is 9.42. The van der Waals surface area contributed by atoms with E-state index in [9.17, 15) is 9.59 Å². The molecule has 2 N–H and O–H groups in total. The highest BCUT2D eigenvalue weighted by molar-refractivity contribution is 7.12. The monoisotopic (exact) mass is 388 g/mol. The van der Waals surface area contributed by atoms with E-state index < -0.39 is 5.91 Å². The number of rotatable bonds is 5. The van der Waals surface area contributed by atoms with Crippen molar-refractivity contribution in [2.45, 2.75) is 0 Å². The number of anilines is 1. The summed E-state index contributed by atoms with van der Waals surface area (Å²) in [5, 5.41) is 9.66. The van der Waals surface area contributed by atoms with Crippen LogP contribution in [0, 0.1) is 0 Å². The molecule has 0 saturated carbocycles. The third-order valence-electron chi connectivity index (χ3n) is 3.15. The SMILES string of the molecule is O=C(Nc1cccc(Cl)c1)/C(=C/c1cccs1)NC(=O)c1cccs1. The Morgan fingerprint density at radius 3 is 2.48 bits per heavy atom. The Bertz CT molecular complexity index is 903. The summed E-state index contributed by atoms with van der Waals surface area (Å²) >= 11 is 8.73. The lowest BCUT2D eigenvalue weighted by Gasteiger charge is -2.10. The van der Waals surface area contributed by atoms with Gasteiger partial charge >= 0.3 is 0 Å². The number of benzene rings is 1. The lowest BCUT2D eigenvalue weighted by Crippen LogP contribution is -2.30. The second-order valence-corrected chi connectivity index (χ2v) is 7.33. The molecule has 126 valence electrons. The van der Waals surface area contributed by atoms with E-state index >= 15 is 0 Å². The van der Waals surface area contributed by atoms with Crippen LogP contribution >= 0.6 is 34.3 Å². The van der Waals surface area contributed by atoms with Gasteiger partial charge in [0.15, 0.2) is 0 Å². The topological polar surface area (TPSA) is 58.2 Å². The molecule has 0 radical (unpaired) electrons. The summed E-state index contributed by atoms with van der Waals surface area (Å²) in [5.41, 5.74) is 0.723. The van der Waals surface area contributed by atoms with Crippen molar-refractivity contribution in [1.29, 1.82) is 0 Å². The Kier molecular flexibility index (Phi) is 5.65. The highest BCUT2D eigenvalue weighted by Gasteiger charge is 2.16. The van der Waals surface area contributed by atoms with Crippen molar-refractivity contribution in [1.82, 2.24) is 5.32 Å². The predicted molar refractivity (Wildman–Crippen MR) is 104 cm³/mol. The van der Waals surface area contributed by atoms with Crippen LogP contribution in [0.5, 0.6) is 0 Å². The first-order valence-electron chi connectivity index (χ1n) is 7.29. The molecule has 0 aliphatic carbocycles. The molecule has 0 fully saturated rings. The highest BCUT2D eigenvalue weighted by atomic mass is 35.5. The summed E-state index contributed by atoms with van der Waals surface area (Å²) in [6.45, 7) is 0. The van der Waals surface area contributed by atoms with Crippen molar-refractivity contribution >= 4 is 57.9 Å². The van der Waals surface area contributed by atoms with Crippen LogP contribution in [0.25, 0.3) is 6.08 Å². The second kappa shape index (κ2) is 8.11. The maximum absolute atomic E-state index is 12.6. The van der Waals surface area contributed by atoms with E-state index in [1.807, 2.05) is 22.9 Å². The van der Waals surface area contributed by atoms with Gasteiger partial charge in [-0.05, 0) is 47.2 Å². The third-order valence-corrected chi connectivity index (χ3v) is 5.07. The average molecular weight is 389 g/mol. The average Bonchev–Trinajstić information content (AvgIpc) is 3.28. The molecular weight excluding hydrogens is 376 g/mol. The van der Waals surface area contributed by atoms with Gasteiger partial charge in [-0.25, -0.2) is 0 Å². The smallest absolute Gasteiger partial charge is 0.272 e. The standard InChI is InChI=1S/C18H13ClN2O2S2/c19-12-4-1-5-13(10-12)20-17(22)15(11-14-6-2-8-24-14)21-18(23)16-7-3-9-25-16/h1-11H,(H,20,22)(H,21,23)/b15-11-. The third kappa shape index (κ3) is 4.79. The number of halogens is 1. The number of hydrogen-bond donors (Lipinski definition) is 2. The number of carbonyl (C=O) groups excluding carboxylic acids is 2. The van der Waals surface area contributed by atoms with E-state index in [4.69, 9.17) is 11.6 Å². The minimum absolute atomic E-state index is 0.167. The number of nitrogens with one attached hydrogen (secondary N) is 2. The molecule has 0 saturated heterocycles. The largest absolute Gasteiger partial charge is 0.321 e.